The van der Waals surface area contributed by atoms with Crippen LogP contribution in [0.1, 0.15) is 19.4 Å². The molecule has 2 N–H and O–H groups in total. The number of benzene rings is 2. The molecule has 0 bridgehead atoms. The summed E-state index contributed by atoms with van der Waals surface area (Å²) in [5, 5.41) is 11.4. The maximum atomic E-state index is 12.2. The molecule has 0 atom stereocenters. The van der Waals surface area contributed by atoms with Gasteiger partial charge in [0.1, 0.15) is 11.4 Å². The molecular formula is C18H15Cl2NO3. The normalized spacial score (nSPS) is 16.9. The van der Waals surface area contributed by atoms with Crippen LogP contribution in [-0.4, -0.2) is 16.6 Å². The highest BCUT2D eigenvalue weighted by molar-refractivity contribution is 6.35. The summed E-state index contributed by atoms with van der Waals surface area (Å²) in [7, 11) is 0. The third-order valence-electron chi connectivity index (χ3n) is 3.83. The fourth-order valence-corrected chi connectivity index (χ4v) is 2.90. The molecule has 0 aromatic heterocycles. The summed E-state index contributed by atoms with van der Waals surface area (Å²) >= 11 is 12.3. The lowest BCUT2D eigenvalue weighted by molar-refractivity contribution is -0.145. The Morgan fingerprint density at radius 1 is 1.08 bits per heavy atom. The number of amides is 1. The number of carbonyl (C=O) groups is 1. The number of aliphatic hydroxyl groups is 1. The van der Waals surface area contributed by atoms with Gasteiger partial charge in [-0.2, -0.15) is 0 Å². The molecule has 1 amide bonds. The van der Waals surface area contributed by atoms with Crippen molar-refractivity contribution in [1.29, 1.82) is 0 Å². The maximum Gasteiger partial charge on any atom is 0.279 e. The zero-order valence-corrected chi connectivity index (χ0v) is 14.6. The van der Waals surface area contributed by atoms with Crippen LogP contribution in [-0.2, 0) is 9.63 Å². The Hall–Kier alpha value is -2.01. The second-order valence-corrected chi connectivity index (χ2v) is 6.82. The lowest BCUT2D eigenvalue weighted by Gasteiger charge is -2.31. The van der Waals surface area contributed by atoms with Gasteiger partial charge < -0.3 is 5.11 Å². The highest BCUT2D eigenvalue weighted by Gasteiger charge is 2.37. The second-order valence-electron chi connectivity index (χ2n) is 5.97. The molecule has 2 aromatic rings. The Morgan fingerprint density at radius 2 is 1.79 bits per heavy atom. The number of hydroxylamine groups is 1. The Balaban J connectivity index is 2.18. The molecule has 0 aliphatic carbocycles. The minimum absolute atomic E-state index is 0.0973. The van der Waals surface area contributed by atoms with E-state index in [1.807, 2.05) is 24.3 Å². The summed E-state index contributed by atoms with van der Waals surface area (Å²) < 4.78 is 0. The molecule has 6 heteroatoms. The van der Waals surface area contributed by atoms with E-state index >= 15 is 0 Å². The predicted molar refractivity (Wildman–Crippen MR) is 94.8 cm³/mol. The van der Waals surface area contributed by atoms with Crippen molar-refractivity contribution in [2.24, 2.45) is 0 Å². The standard InChI is InChI=1S/C18H15Cl2NO3/c1-18(2)16(22)15(17(23)21-24-18)13-9-11(6-7-14(13)20)10-4-3-5-12(19)8-10/h3-9,22H,1-2H3,(H,21,23). The number of rotatable bonds is 2. The molecular weight excluding hydrogens is 349 g/mol. The van der Waals surface area contributed by atoms with Gasteiger partial charge in [-0.05, 0) is 49.2 Å². The SMILES string of the molecule is CC1(C)ONC(=O)C(c2cc(-c3cccc(Cl)c3)ccc2Cl)=C1O. The summed E-state index contributed by atoms with van der Waals surface area (Å²) in [5.41, 5.74) is 3.51. The summed E-state index contributed by atoms with van der Waals surface area (Å²) in [4.78, 5) is 17.4. The van der Waals surface area contributed by atoms with E-state index in [4.69, 9.17) is 28.0 Å². The largest absolute Gasteiger partial charge is 0.508 e. The van der Waals surface area contributed by atoms with Gasteiger partial charge in [-0.3, -0.25) is 9.63 Å². The first kappa shape index (κ1) is 16.8. The van der Waals surface area contributed by atoms with Crippen LogP contribution >= 0.6 is 23.2 Å². The fourth-order valence-electron chi connectivity index (χ4n) is 2.50. The van der Waals surface area contributed by atoms with Crippen LogP contribution in [0.15, 0.2) is 48.2 Å². The molecule has 0 saturated carbocycles. The Kier molecular flexibility index (Phi) is 4.30. The number of halogens is 2. The van der Waals surface area contributed by atoms with E-state index in [-0.39, 0.29) is 11.3 Å². The third-order valence-corrected chi connectivity index (χ3v) is 4.39. The molecule has 4 nitrogen and oxygen atoms in total. The molecule has 0 saturated heterocycles. The molecule has 0 fully saturated rings. The molecule has 3 rings (SSSR count). The second kappa shape index (κ2) is 6.13. The van der Waals surface area contributed by atoms with Crippen molar-refractivity contribution >= 4 is 34.7 Å². The summed E-state index contributed by atoms with van der Waals surface area (Å²) in [6, 6.07) is 12.6. The molecule has 0 radical (unpaired) electrons. The van der Waals surface area contributed by atoms with E-state index in [0.717, 1.165) is 11.1 Å². The van der Waals surface area contributed by atoms with Gasteiger partial charge >= 0.3 is 0 Å². The molecule has 1 heterocycles. The van der Waals surface area contributed by atoms with Crippen LogP contribution in [0.4, 0.5) is 0 Å². The molecule has 1 aliphatic heterocycles. The lowest BCUT2D eigenvalue weighted by atomic mass is 9.93. The van der Waals surface area contributed by atoms with Gasteiger partial charge in [0.2, 0.25) is 0 Å². The molecule has 0 spiro atoms. The number of aliphatic hydroxyl groups excluding tert-OH is 1. The summed E-state index contributed by atoms with van der Waals surface area (Å²) in [6.07, 6.45) is 0. The monoisotopic (exact) mass is 363 g/mol. The first-order chi connectivity index (χ1) is 11.3. The zero-order valence-electron chi connectivity index (χ0n) is 13.1. The van der Waals surface area contributed by atoms with Gasteiger partial charge in [-0.15, -0.1) is 0 Å². The quantitative estimate of drug-likeness (QED) is 0.807. The molecule has 0 unspecified atom stereocenters. The van der Waals surface area contributed by atoms with Crippen LogP contribution in [0.2, 0.25) is 10.0 Å². The number of nitrogens with one attached hydrogen (secondary N) is 1. The Bertz CT molecular complexity index is 859. The average molecular weight is 364 g/mol. The van der Waals surface area contributed by atoms with E-state index in [9.17, 15) is 9.90 Å². The number of hydrogen-bond acceptors (Lipinski definition) is 3. The van der Waals surface area contributed by atoms with Crippen LogP contribution in [0.25, 0.3) is 16.7 Å². The molecule has 2 aromatic carbocycles. The van der Waals surface area contributed by atoms with Crippen molar-refractivity contribution in [3.63, 3.8) is 0 Å². The predicted octanol–water partition coefficient (Wildman–Crippen LogP) is 4.77. The van der Waals surface area contributed by atoms with E-state index in [1.54, 1.807) is 32.0 Å². The third kappa shape index (κ3) is 3.00. The molecule has 24 heavy (non-hydrogen) atoms. The molecule has 1 aliphatic rings. The lowest BCUT2D eigenvalue weighted by Crippen LogP contribution is -2.44. The Morgan fingerprint density at radius 3 is 2.50 bits per heavy atom. The highest BCUT2D eigenvalue weighted by atomic mass is 35.5. The van der Waals surface area contributed by atoms with Crippen molar-refractivity contribution < 1.29 is 14.7 Å². The van der Waals surface area contributed by atoms with Crippen molar-refractivity contribution in [3.8, 4) is 11.1 Å². The van der Waals surface area contributed by atoms with Crippen LogP contribution < -0.4 is 5.48 Å². The smallest absolute Gasteiger partial charge is 0.279 e. The minimum atomic E-state index is -1.04. The highest BCUT2D eigenvalue weighted by Crippen LogP contribution is 2.36. The minimum Gasteiger partial charge on any atom is -0.508 e. The van der Waals surface area contributed by atoms with Gasteiger partial charge in [0.15, 0.2) is 0 Å². The van der Waals surface area contributed by atoms with E-state index in [1.165, 1.54) is 0 Å². The van der Waals surface area contributed by atoms with Crippen molar-refractivity contribution in [2.75, 3.05) is 0 Å². The first-order valence-corrected chi connectivity index (χ1v) is 8.03. The molecule has 124 valence electrons. The van der Waals surface area contributed by atoms with Crippen molar-refractivity contribution in [1.82, 2.24) is 5.48 Å². The maximum absolute atomic E-state index is 12.2. The van der Waals surface area contributed by atoms with E-state index < -0.39 is 11.5 Å². The van der Waals surface area contributed by atoms with Gasteiger partial charge in [0.05, 0.1) is 5.57 Å². The van der Waals surface area contributed by atoms with Crippen LogP contribution in [0.3, 0.4) is 0 Å². The van der Waals surface area contributed by atoms with E-state index in [0.29, 0.717) is 15.6 Å². The first-order valence-electron chi connectivity index (χ1n) is 7.27. The average Bonchev–Trinajstić information content (AvgIpc) is 2.53. The Labute approximate surface area is 149 Å². The van der Waals surface area contributed by atoms with Crippen LogP contribution in [0, 0.1) is 0 Å². The van der Waals surface area contributed by atoms with Gasteiger partial charge in [-0.25, -0.2) is 5.48 Å². The van der Waals surface area contributed by atoms with Crippen molar-refractivity contribution in [3.05, 3.63) is 63.8 Å². The van der Waals surface area contributed by atoms with Gasteiger partial charge in [0.25, 0.3) is 5.91 Å². The fraction of sp³-hybridized carbons (Fsp3) is 0.167. The van der Waals surface area contributed by atoms with Crippen LogP contribution in [0.5, 0.6) is 0 Å². The van der Waals surface area contributed by atoms with Crippen molar-refractivity contribution in [2.45, 2.75) is 19.4 Å². The number of carbonyl (C=O) groups excluding carboxylic acids is 1. The van der Waals surface area contributed by atoms with Gasteiger partial charge in [-0.1, -0.05) is 41.4 Å². The summed E-state index contributed by atoms with van der Waals surface area (Å²) in [5.74, 6) is -0.714. The summed E-state index contributed by atoms with van der Waals surface area (Å²) in [6.45, 7) is 3.30. The van der Waals surface area contributed by atoms with Gasteiger partial charge in [0, 0.05) is 15.6 Å². The number of hydrogen-bond donors (Lipinski definition) is 2. The topological polar surface area (TPSA) is 58.6 Å². The zero-order chi connectivity index (χ0) is 17.5. The van der Waals surface area contributed by atoms with E-state index in [2.05, 4.69) is 5.48 Å².